The quantitative estimate of drug-likeness (QED) is 0.513. The summed E-state index contributed by atoms with van der Waals surface area (Å²) in [6, 6.07) is 29.2. The lowest BCUT2D eigenvalue weighted by molar-refractivity contribution is -0.107. The molecule has 3 aromatic carbocycles. The van der Waals surface area contributed by atoms with Gasteiger partial charge in [-0.05, 0) is 36.4 Å². The Morgan fingerprint density at radius 3 is 1.27 bits per heavy atom. The maximum absolute atomic E-state index is 11.8. The molecule has 0 fully saturated rings. The molecule has 3 nitrogen and oxygen atoms in total. The molecule has 0 heterocycles. The minimum absolute atomic E-state index is 0.810. The predicted molar refractivity (Wildman–Crippen MR) is 90.0 cm³/mol. The van der Waals surface area contributed by atoms with Gasteiger partial charge >= 0.3 is 0 Å². The van der Waals surface area contributed by atoms with Crippen LogP contribution in [0.2, 0.25) is 0 Å². The van der Waals surface area contributed by atoms with Gasteiger partial charge in [-0.15, -0.1) is 0 Å². The Kier molecular flexibility index (Phi) is 4.16. The molecule has 108 valence electrons. The molecule has 0 aliphatic rings. The summed E-state index contributed by atoms with van der Waals surface area (Å²) >= 11 is 0. The number of nitrogens with zero attached hydrogens (tertiary/aromatic N) is 2. The van der Waals surface area contributed by atoms with E-state index in [1.54, 1.807) is 5.01 Å². The Balaban J connectivity index is 2.11. The van der Waals surface area contributed by atoms with Crippen molar-refractivity contribution >= 4 is 23.5 Å². The summed E-state index contributed by atoms with van der Waals surface area (Å²) < 4.78 is 0. The van der Waals surface area contributed by atoms with E-state index in [0.29, 0.717) is 0 Å². The van der Waals surface area contributed by atoms with E-state index in [9.17, 15) is 4.79 Å². The Morgan fingerprint density at radius 1 is 0.545 bits per heavy atom. The summed E-state index contributed by atoms with van der Waals surface area (Å²) in [4.78, 5) is 11.8. The summed E-state index contributed by atoms with van der Waals surface area (Å²) in [5, 5.41) is 3.49. The van der Waals surface area contributed by atoms with E-state index in [-0.39, 0.29) is 0 Å². The van der Waals surface area contributed by atoms with E-state index in [4.69, 9.17) is 0 Å². The van der Waals surface area contributed by atoms with Crippen molar-refractivity contribution in [2.45, 2.75) is 0 Å². The van der Waals surface area contributed by atoms with Crippen molar-refractivity contribution in [3.8, 4) is 0 Å². The summed E-state index contributed by atoms with van der Waals surface area (Å²) in [7, 11) is 0. The number of hydrogen-bond donors (Lipinski definition) is 0. The van der Waals surface area contributed by atoms with E-state index >= 15 is 0 Å². The van der Waals surface area contributed by atoms with Gasteiger partial charge in [-0.1, -0.05) is 54.6 Å². The first-order chi connectivity index (χ1) is 10.9. The molecule has 3 heteroatoms. The second kappa shape index (κ2) is 6.59. The lowest BCUT2D eigenvalue weighted by Crippen LogP contribution is -2.38. The van der Waals surface area contributed by atoms with Gasteiger partial charge in [0.15, 0.2) is 0 Å². The average molecular weight is 288 g/mol. The maximum atomic E-state index is 11.8. The molecule has 3 rings (SSSR count). The molecule has 0 saturated carbocycles. The molecule has 0 bridgehead atoms. The minimum Gasteiger partial charge on any atom is -0.276 e. The van der Waals surface area contributed by atoms with Crippen LogP contribution in [0.5, 0.6) is 0 Å². The van der Waals surface area contributed by atoms with E-state index in [1.807, 2.05) is 96.0 Å². The standard InChI is InChI=1S/C19H16N2O/c22-16-20(17-10-4-1-5-11-17)21(18-12-6-2-7-13-18)19-14-8-3-9-15-19/h1-16H. The highest BCUT2D eigenvalue weighted by Crippen LogP contribution is 2.29. The second-order valence-electron chi connectivity index (χ2n) is 4.77. The van der Waals surface area contributed by atoms with Crippen molar-refractivity contribution < 1.29 is 4.79 Å². The van der Waals surface area contributed by atoms with Gasteiger partial charge in [0.05, 0.1) is 17.1 Å². The smallest absolute Gasteiger partial charge is 0.233 e. The Morgan fingerprint density at radius 2 is 0.909 bits per heavy atom. The zero-order valence-electron chi connectivity index (χ0n) is 12.0. The number of carbonyl (C=O) groups is 1. The van der Waals surface area contributed by atoms with Crippen LogP contribution in [0.1, 0.15) is 0 Å². The molecule has 0 aliphatic heterocycles. The van der Waals surface area contributed by atoms with Crippen molar-refractivity contribution in [1.29, 1.82) is 0 Å². The first-order valence-electron chi connectivity index (χ1n) is 7.10. The Bertz CT molecular complexity index is 675. The maximum Gasteiger partial charge on any atom is 0.233 e. The predicted octanol–water partition coefficient (Wildman–Crippen LogP) is 4.40. The van der Waals surface area contributed by atoms with Crippen LogP contribution in [0, 0.1) is 0 Å². The van der Waals surface area contributed by atoms with Crippen LogP contribution in [-0.4, -0.2) is 6.41 Å². The van der Waals surface area contributed by atoms with Gasteiger partial charge in [-0.2, -0.15) is 0 Å². The normalized spacial score (nSPS) is 10.0. The molecule has 0 spiro atoms. The summed E-state index contributed by atoms with van der Waals surface area (Å²) in [5.41, 5.74) is 2.65. The van der Waals surface area contributed by atoms with Crippen LogP contribution >= 0.6 is 0 Å². The van der Waals surface area contributed by atoms with Crippen LogP contribution in [0.3, 0.4) is 0 Å². The van der Waals surface area contributed by atoms with Gasteiger partial charge in [0, 0.05) is 0 Å². The molecule has 0 N–H and O–H groups in total. The number of anilines is 3. The molecule has 0 unspecified atom stereocenters. The largest absolute Gasteiger partial charge is 0.276 e. The Hall–Kier alpha value is -3.07. The molecular weight excluding hydrogens is 272 g/mol. The number of hydrogen-bond acceptors (Lipinski definition) is 2. The number of benzene rings is 3. The molecule has 22 heavy (non-hydrogen) atoms. The van der Waals surface area contributed by atoms with Crippen LogP contribution in [-0.2, 0) is 4.79 Å². The van der Waals surface area contributed by atoms with Crippen LogP contribution in [0.15, 0.2) is 91.0 Å². The van der Waals surface area contributed by atoms with Crippen LogP contribution < -0.4 is 10.0 Å². The fourth-order valence-corrected chi connectivity index (χ4v) is 2.34. The lowest BCUT2D eigenvalue weighted by atomic mass is 10.2. The van der Waals surface area contributed by atoms with E-state index < -0.39 is 0 Å². The van der Waals surface area contributed by atoms with Gasteiger partial charge in [0.25, 0.3) is 0 Å². The third-order valence-corrected chi connectivity index (χ3v) is 3.34. The van der Waals surface area contributed by atoms with Crippen molar-refractivity contribution in [2.24, 2.45) is 0 Å². The summed E-state index contributed by atoms with van der Waals surface area (Å²) in [5.74, 6) is 0. The molecular formula is C19H16N2O. The summed E-state index contributed by atoms with van der Waals surface area (Å²) in [6.07, 6.45) is 0.829. The van der Waals surface area contributed by atoms with Gasteiger partial charge in [0.2, 0.25) is 6.41 Å². The van der Waals surface area contributed by atoms with Crippen molar-refractivity contribution in [2.75, 3.05) is 10.0 Å². The van der Waals surface area contributed by atoms with Crippen molar-refractivity contribution in [1.82, 2.24) is 0 Å². The fourth-order valence-electron chi connectivity index (χ4n) is 2.34. The SMILES string of the molecule is O=CN(c1ccccc1)N(c1ccccc1)c1ccccc1. The summed E-state index contributed by atoms with van der Waals surface area (Å²) in [6.45, 7) is 0. The molecule has 0 aliphatic carbocycles. The number of para-hydroxylation sites is 3. The number of rotatable bonds is 5. The monoisotopic (exact) mass is 288 g/mol. The van der Waals surface area contributed by atoms with E-state index in [2.05, 4.69) is 0 Å². The fraction of sp³-hybridized carbons (Fsp3) is 0. The molecule has 0 aromatic heterocycles. The molecule has 3 aromatic rings. The van der Waals surface area contributed by atoms with E-state index in [0.717, 1.165) is 23.5 Å². The molecule has 0 saturated heterocycles. The number of amides is 1. The minimum atomic E-state index is 0.810. The number of carbonyl (C=O) groups excluding carboxylic acids is 1. The first-order valence-corrected chi connectivity index (χ1v) is 7.10. The highest BCUT2D eigenvalue weighted by molar-refractivity contribution is 5.84. The highest BCUT2D eigenvalue weighted by Gasteiger charge is 2.18. The Labute approximate surface area is 130 Å². The third-order valence-electron chi connectivity index (χ3n) is 3.34. The topological polar surface area (TPSA) is 23.6 Å². The zero-order valence-corrected chi connectivity index (χ0v) is 12.0. The highest BCUT2D eigenvalue weighted by atomic mass is 16.1. The van der Waals surface area contributed by atoms with Crippen LogP contribution in [0.25, 0.3) is 0 Å². The lowest BCUT2D eigenvalue weighted by Gasteiger charge is -2.33. The number of hydrazine groups is 1. The third kappa shape index (κ3) is 2.83. The van der Waals surface area contributed by atoms with Crippen molar-refractivity contribution in [3.63, 3.8) is 0 Å². The molecule has 1 amide bonds. The first kappa shape index (κ1) is 13.9. The van der Waals surface area contributed by atoms with Gasteiger partial charge < -0.3 is 0 Å². The second-order valence-corrected chi connectivity index (χ2v) is 4.77. The molecule has 0 radical (unpaired) electrons. The van der Waals surface area contributed by atoms with Gasteiger partial charge in [-0.3, -0.25) is 4.79 Å². The zero-order chi connectivity index (χ0) is 15.2. The van der Waals surface area contributed by atoms with Crippen molar-refractivity contribution in [3.05, 3.63) is 91.0 Å². The van der Waals surface area contributed by atoms with Gasteiger partial charge in [-0.25, -0.2) is 10.0 Å². The molecule has 0 atom stereocenters. The van der Waals surface area contributed by atoms with Crippen LogP contribution in [0.4, 0.5) is 17.1 Å². The average Bonchev–Trinajstić information content (AvgIpc) is 2.62. The van der Waals surface area contributed by atoms with Gasteiger partial charge in [0.1, 0.15) is 0 Å². The van der Waals surface area contributed by atoms with E-state index in [1.165, 1.54) is 0 Å².